The first-order valence-electron chi connectivity index (χ1n) is 11.5. The lowest BCUT2D eigenvalue weighted by atomic mass is 9.76. The van der Waals surface area contributed by atoms with Gasteiger partial charge in [0.1, 0.15) is 36.9 Å². The number of ether oxygens (including phenoxy) is 4. The number of aryl methyl sites for hydroxylation is 1. The molecule has 4 rings (SSSR count). The Bertz CT molecular complexity index is 928. The molecule has 2 heterocycles. The first kappa shape index (κ1) is 22.8. The van der Waals surface area contributed by atoms with Crippen LogP contribution >= 0.6 is 0 Å². The third-order valence-electron chi connectivity index (χ3n) is 6.19. The monoisotopic (exact) mass is 438 g/mol. The van der Waals surface area contributed by atoms with Crippen LogP contribution in [-0.2, 0) is 27.7 Å². The zero-order chi connectivity index (χ0) is 22.6. The molecule has 2 saturated heterocycles. The standard InChI is InChI=1S/C27H34O5/c1-4-6-19-13-21(8-10-25(19)31-17-23-15-29-23)27(2,3)22-9-11-26(32-18-24-16-30-24)20(14-22)7-5-12-28/h4,8-11,13-14,23-24,28H,1,5-7,12,15-18H2,2-3H3. The van der Waals surface area contributed by atoms with Crippen LogP contribution in [0.3, 0.4) is 0 Å². The van der Waals surface area contributed by atoms with Crippen LogP contribution in [0.4, 0.5) is 0 Å². The number of allylic oxidation sites excluding steroid dienone is 1. The number of rotatable bonds is 13. The van der Waals surface area contributed by atoms with Crippen LogP contribution < -0.4 is 9.47 Å². The number of aliphatic hydroxyl groups excluding tert-OH is 1. The lowest BCUT2D eigenvalue weighted by molar-refractivity contribution is 0.259. The first-order chi connectivity index (χ1) is 15.5. The average molecular weight is 439 g/mol. The molecule has 2 unspecified atom stereocenters. The summed E-state index contributed by atoms with van der Waals surface area (Å²) < 4.78 is 22.5. The molecule has 1 N–H and O–H groups in total. The minimum atomic E-state index is -0.208. The van der Waals surface area contributed by atoms with Crippen molar-refractivity contribution in [2.45, 2.75) is 50.7 Å². The zero-order valence-electron chi connectivity index (χ0n) is 19.1. The first-order valence-corrected chi connectivity index (χ1v) is 11.5. The fourth-order valence-electron chi connectivity index (χ4n) is 3.86. The fourth-order valence-corrected chi connectivity index (χ4v) is 3.86. The molecule has 2 aliphatic rings. The maximum atomic E-state index is 9.35. The third-order valence-corrected chi connectivity index (χ3v) is 6.19. The van der Waals surface area contributed by atoms with Gasteiger partial charge in [0, 0.05) is 12.0 Å². The van der Waals surface area contributed by atoms with E-state index in [2.05, 4.69) is 56.8 Å². The highest BCUT2D eigenvalue weighted by Crippen LogP contribution is 2.37. The van der Waals surface area contributed by atoms with Gasteiger partial charge in [-0.3, -0.25) is 0 Å². The van der Waals surface area contributed by atoms with Gasteiger partial charge in [-0.2, -0.15) is 0 Å². The largest absolute Gasteiger partial charge is 0.491 e. The second-order valence-corrected chi connectivity index (χ2v) is 9.12. The van der Waals surface area contributed by atoms with Gasteiger partial charge in [-0.05, 0) is 53.6 Å². The fraction of sp³-hybridized carbons (Fsp3) is 0.481. The summed E-state index contributed by atoms with van der Waals surface area (Å²) in [5.41, 5.74) is 4.49. The molecular formula is C27H34O5. The van der Waals surface area contributed by atoms with E-state index in [1.807, 2.05) is 6.08 Å². The summed E-state index contributed by atoms with van der Waals surface area (Å²) in [7, 11) is 0. The minimum absolute atomic E-state index is 0.164. The summed E-state index contributed by atoms with van der Waals surface area (Å²) in [4.78, 5) is 0. The highest BCUT2D eigenvalue weighted by atomic mass is 16.6. The molecule has 5 nitrogen and oxygen atoms in total. The van der Waals surface area contributed by atoms with Crippen molar-refractivity contribution in [3.05, 3.63) is 71.3 Å². The Hall–Kier alpha value is -2.34. The predicted molar refractivity (Wildman–Crippen MR) is 125 cm³/mol. The quantitative estimate of drug-likeness (QED) is 0.375. The number of hydrogen-bond acceptors (Lipinski definition) is 5. The van der Waals surface area contributed by atoms with Crippen molar-refractivity contribution in [3.8, 4) is 11.5 Å². The van der Waals surface area contributed by atoms with E-state index in [-0.39, 0.29) is 24.2 Å². The lowest BCUT2D eigenvalue weighted by Crippen LogP contribution is -2.20. The Kier molecular flexibility index (Phi) is 7.19. The molecule has 172 valence electrons. The van der Waals surface area contributed by atoms with E-state index in [9.17, 15) is 5.11 Å². The second-order valence-electron chi connectivity index (χ2n) is 9.12. The van der Waals surface area contributed by atoms with Crippen molar-refractivity contribution in [2.75, 3.05) is 33.0 Å². The molecular weight excluding hydrogens is 404 g/mol. The van der Waals surface area contributed by atoms with E-state index >= 15 is 0 Å². The summed E-state index contributed by atoms with van der Waals surface area (Å²) in [6.45, 7) is 11.3. The van der Waals surface area contributed by atoms with Crippen LogP contribution in [0.2, 0.25) is 0 Å². The van der Waals surface area contributed by atoms with E-state index < -0.39 is 0 Å². The number of aliphatic hydroxyl groups is 1. The number of epoxide rings is 2. The van der Waals surface area contributed by atoms with Gasteiger partial charge in [-0.15, -0.1) is 6.58 Å². The van der Waals surface area contributed by atoms with Crippen LogP contribution in [-0.4, -0.2) is 50.3 Å². The molecule has 0 bridgehead atoms. The van der Waals surface area contributed by atoms with Gasteiger partial charge >= 0.3 is 0 Å². The third kappa shape index (κ3) is 5.71. The van der Waals surface area contributed by atoms with Crippen LogP contribution in [0, 0.1) is 0 Å². The highest BCUT2D eigenvalue weighted by molar-refractivity contribution is 5.48. The Morgan fingerprint density at radius 3 is 2.00 bits per heavy atom. The van der Waals surface area contributed by atoms with Gasteiger partial charge in [-0.1, -0.05) is 44.2 Å². The molecule has 2 aliphatic heterocycles. The summed E-state index contributed by atoms with van der Waals surface area (Å²) >= 11 is 0. The van der Waals surface area contributed by atoms with Crippen LogP contribution in [0.15, 0.2) is 49.1 Å². The van der Waals surface area contributed by atoms with Crippen molar-refractivity contribution < 1.29 is 24.1 Å². The molecule has 32 heavy (non-hydrogen) atoms. The summed E-state index contributed by atoms with van der Waals surface area (Å²) in [5, 5.41) is 9.35. The average Bonchev–Trinajstić information content (AvgIpc) is 3.70. The maximum Gasteiger partial charge on any atom is 0.122 e. The molecule has 0 amide bonds. The second kappa shape index (κ2) is 10.1. The minimum Gasteiger partial charge on any atom is -0.491 e. The molecule has 0 saturated carbocycles. The van der Waals surface area contributed by atoms with E-state index in [1.54, 1.807) is 0 Å². The van der Waals surface area contributed by atoms with Gasteiger partial charge in [0.2, 0.25) is 0 Å². The molecule has 0 aliphatic carbocycles. The van der Waals surface area contributed by atoms with Crippen molar-refractivity contribution in [2.24, 2.45) is 0 Å². The number of benzene rings is 2. The maximum absolute atomic E-state index is 9.35. The molecule has 0 spiro atoms. The summed E-state index contributed by atoms with van der Waals surface area (Å²) in [6, 6.07) is 12.9. The van der Waals surface area contributed by atoms with Crippen LogP contribution in [0.1, 0.15) is 42.5 Å². The zero-order valence-corrected chi connectivity index (χ0v) is 19.1. The molecule has 2 aromatic carbocycles. The van der Waals surface area contributed by atoms with Gasteiger partial charge in [0.25, 0.3) is 0 Å². The van der Waals surface area contributed by atoms with E-state index in [1.165, 1.54) is 11.1 Å². The molecule has 2 fully saturated rings. The van der Waals surface area contributed by atoms with E-state index in [4.69, 9.17) is 18.9 Å². The smallest absolute Gasteiger partial charge is 0.122 e. The Balaban J connectivity index is 1.58. The SMILES string of the molecule is C=CCc1cc(C(C)(C)c2ccc(OCC3CO3)c(CCCO)c2)ccc1OCC1CO1. The van der Waals surface area contributed by atoms with Gasteiger partial charge in [-0.25, -0.2) is 0 Å². The van der Waals surface area contributed by atoms with Crippen LogP contribution in [0.5, 0.6) is 11.5 Å². The predicted octanol–water partition coefficient (Wildman–Crippen LogP) is 4.22. The summed E-state index contributed by atoms with van der Waals surface area (Å²) in [6.07, 6.45) is 4.59. The Labute approximate surface area is 191 Å². The molecule has 5 heteroatoms. The van der Waals surface area contributed by atoms with Crippen molar-refractivity contribution in [3.63, 3.8) is 0 Å². The van der Waals surface area contributed by atoms with Crippen LogP contribution in [0.25, 0.3) is 0 Å². The van der Waals surface area contributed by atoms with E-state index in [0.717, 1.165) is 48.7 Å². The van der Waals surface area contributed by atoms with Gasteiger partial charge in [0.15, 0.2) is 0 Å². The highest BCUT2D eigenvalue weighted by Gasteiger charge is 2.27. The number of hydrogen-bond donors (Lipinski definition) is 1. The van der Waals surface area contributed by atoms with Crippen molar-refractivity contribution >= 4 is 0 Å². The van der Waals surface area contributed by atoms with Gasteiger partial charge in [0.05, 0.1) is 13.2 Å². The van der Waals surface area contributed by atoms with Crippen molar-refractivity contribution in [1.29, 1.82) is 0 Å². The normalized spacial score (nSPS) is 19.5. The van der Waals surface area contributed by atoms with Gasteiger partial charge < -0.3 is 24.1 Å². The lowest BCUT2D eigenvalue weighted by Gasteiger charge is -2.28. The van der Waals surface area contributed by atoms with Crippen molar-refractivity contribution in [1.82, 2.24) is 0 Å². The Morgan fingerprint density at radius 1 is 0.969 bits per heavy atom. The topological polar surface area (TPSA) is 63.8 Å². The Morgan fingerprint density at radius 2 is 1.50 bits per heavy atom. The molecule has 2 aromatic rings. The summed E-state index contributed by atoms with van der Waals surface area (Å²) in [5.74, 6) is 1.78. The molecule has 0 aromatic heterocycles. The van der Waals surface area contributed by atoms with E-state index in [0.29, 0.717) is 19.6 Å². The molecule has 0 radical (unpaired) electrons. The molecule has 2 atom stereocenters.